The summed E-state index contributed by atoms with van der Waals surface area (Å²) >= 11 is 0. The highest BCUT2D eigenvalue weighted by Crippen LogP contribution is 2.33. The van der Waals surface area contributed by atoms with Crippen LogP contribution in [0.15, 0.2) is 0 Å². The van der Waals surface area contributed by atoms with Crippen LogP contribution in [0.4, 0.5) is 0 Å². The molecule has 0 aliphatic heterocycles. The molecule has 2 aliphatic rings. The first kappa shape index (κ1) is 18.2. The number of rotatable bonds is 10. The Bertz CT molecular complexity index is 538. The highest BCUT2D eigenvalue weighted by Gasteiger charge is 2.37. The summed E-state index contributed by atoms with van der Waals surface area (Å²) in [6.07, 6.45) is 5.64. The molecule has 0 aromatic rings. The normalized spacial score (nSPS) is 24.3. The van der Waals surface area contributed by atoms with Gasteiger partial charge in [-0.15, -0.1) is 0 Å². The summed E-state index contributed by atoms with van der Waals surface area (Å²) in [5, 5.41) is 11.9. The van der Waals surface area contributed by atoms with E-state index >= 15 is 0 Å². The number of nitrogens with zero attached hydrogens (tertiary/aromatic N) is 1. The molecule has 0 bridgehead atoms. The van der Waals surface area contributed by atoms with Gasteiger partial charge >= 0.3 is 5.97 Å². The summed E-state index contributed by atoms with van der Waals surface area (Å²) in [7, 11) is -3.02. The Balaban J connectivity index is 1.66. The van der Waals surface area contributed by atoms with Gasteiger partial charge in [-0.25, -0.2) is 8.42 Å². The lowest BCUT2D eigenvalue weighted by Gasteiger charge is -2.42. The largest absolute Gasteiger partial charge is 0.480 e. The van der Waals surface area contributed by atoms with Crippen molar-refractivity contribution >= 4 is 21.7 Å². The molecule has 2 fully saturated rings. The van der Waals surface area contributed by atoms with E-state index in [-0.39, 0.29) is 36.7 Å². The number of nitrogens with one attached hydrogen (secondary N) is 1. The molecule has 0 spiro atoms. The maximum atomic E-state index is 11.8. The number of hydrogen-bond donors (Lipinski definition) is 2. The minimum atomic E-state index is -3.02. The fourth-order valence-electron chi connectivity index (χ4n) is 2.95. The molecule has 0 atom stereocenters. The van der Waals surface area contributed by atoms with Crippen LogP contribution in [0.2, 0.25) is 0 Å². The first-order valence-electron chi connectivity index (χ1n) is 8.16. The molecule has 0 unspecified atom stereocenters. The molecule has 2 aliphatic carbocycles. The Morgan fingerprint density at radius 2 is 1.91 bits per heavy atom. The number of hydrogen-bond acceptors (Lipinski definition) is 5. The second kappa shape index (κ2) is 7.61. The number of amides is 1. The molecule has 7 nitrogen and oxygen atoms in total. The lowest BCUT2D eigenvalue weighted by Crippen LogP contribution is -2.55. The highest BCUT2D eigenvalue weighted by atomic mass is 32.2. The second-order valence-corrected chi connectivity index (χ2v) is 9.15. The van der Waals surface area contributed by atoms with Gasteiger partial charge in [0.25, 0.3) is 0 Å². The van der Waals surface area contributed by atoms with Crippen LogP contribution in [-0.4, -0.2) is 67.5 Å². The molecule has 0 heterocycles. The van der Waals surface area contributed by atoms with Crippen molar-refractivity contribution in [1.82, 2.24) is 10.2 Å². The van der Waals surface area contributed by atoms with E-state index in [1.54, 1.807) is 0 Å². The van der Waals surface area contributed by atoms with Gasteiger partial charge in [0.15, 0.2) is 0 Å². The highest BCUT2D eigenvalue weighted by molar-refractivity contribution is 7.90. The number of carboxylic acids is 1. The number of aliphatic carboxylic acids is 1. The zero-order valence-corrected chi connectivity index (χ0v) is 14.3. The third-order valence-corrected chi connectivity index (χ3v) is 5.47. The van der Waals surface area contributed by atoms with Gasteiger partial charge in [0, 0.05) is 31.3 Å². The zero-order valence-electron chi connectivity index (χ0n) is 13.5. The van der Waals surface area contributed by atoms with E-state index in [0.717, 1.165) is 19.4 Å². The molecule has 23 heavy (non-hydrogen) atoms. The standard InChI is InChI=1S/C15H26N2O5S/c1-23(21,22)6-2-3-14(18)16-12-7-13(8-12)17(10-15(19)20)9-11-4-5-11/h11-13H,2-10H2,1H3,(H,16,18)(H,19,20). The van der Waals surface area contributed by atoms with E-state index in [1.807, 2.05) is 4.90 Å². The summed E-state index contributed by atoms with van der Waals surface area (Å²) in [6, 6.07) is 0.314. The van der Waals surface area contributed by atoms with E-state index in [2.05, 4.69) is 5.32 Å². The van der Waals surface area contributed by atoms with E-state index in [0.29, 0.717) is 12.3 Å². The van der Waals surface area contributed by atoms with Crippen LogP contribution in [0, 0.1) is 5.92 Å². The Kier molecular flexibility index (Phi) is 6.02. The lowest BCUT2D eigenvalue weighted by molar-refractivity contribution is -0.140. The third-order valence-electron chi connectivity index (χ3n) is 4.44. The Labute approximate surface area is 137 Å². The second-order valence-electron chi connectivity index (χ2n) is 6.89. The predicted octanol–water partition coefficient (Wildman–Crippen LogP) is 0.255. The van der Waals surface area contributed by atoms with Crippen LogP contribution in [0.25, 0.3) is 0 Å². The molecule has 2 N–H and O–H groups in total. The van der Waals surface area contributed by atoms with E-state index in [9.17, 15) is 18.0 Å². The van der Waals surface area contributed by atoms with Gasteiger partial charge in [0.05, 0.1) is 12.3 Å². The van der Waals surface area contributed by atoms with Crippen molar-refractivity contribution in [3.05, 3.63) is 0 Å². The van der Waals surface area contributed by atoms with Crippen LogP contribution < -0.4 is 5.32 Å². The van der Waals surface area contributed by atoms with E-state index in [4.69, 9.17) is 5.11 Å². The van der Waals surface area contributed by atoms with Crippen LogP contribution >= 0.6 is 0 Å². The van der Waals surface area contributed by atoms with Gasteiger partial charge in [-0.3, -0.25) is 14.5 Å². The number of carbonyl (C=O) groups is 2. The fourth-order valence-corrected chi connectivity index (χ4v) is 3.62. The van der Waals surface area contributed by atoms with Crippen molar-refractivity contribution in [2.24, 2.45) is 5.92 Å². The Hall–Kier alpha value is -1.15. The van der Waals surface area contributed by atoms with Crippen molar-refractivity contribution in [3.63, 3.8) is 0 Å². The average Bonchev–Trinajstić information content (AvgIpc) is 3.14. The average molecular weight is 346 g/mol. The van der Waals surface area contributed by atoms with Gasteiger partial charge < -0.3 is 10.4 Å². The summed E-state index contributed by atoms with van der Waals surface area (Å²) in [5.74, 6) is -0.261. The monoisotopic (exact) mass is 346 g/mol. The first-order chi connectivity index (χ1) is 10.7. The SMILES string of the molecule is CS(=O)(=O)CCCC(=O)NC1CC(N(CC(=O)O)CC2CC2)C1. The molecule has 8 heteroatoms. The maximum Gasteiger partial charge on any atom is 0.317 e. The lowest BCUT2D eigenvalue weighted by atomic mass is 9.85. The molecule has 2 saturated carbocycles. The van der Waals surface area contributed by atoms with Gasteiger partial charge in [-0.05, 0) is 38.0 Å². The molecule has 0 aromatic heterocycles. The van der Waals surface area contributed by atoms with Crippen LogP contribution in [0.5, 0.6) is 0 Å². The minimum Gasteiger partial charge on any atom is -0.480 e. The first-order valence-corrected chi connectivity index (χ1v) is 10.2. The number of carbonyl (C=O) groups excluding carboxylic acids is 1. The Morgan fingerprint density at radius 1 is 1.26 bits per heavy atom. The molecule has 132 valence electrons. The maximum absolute atomic E-state index is 11.8. The van der Waals surface area contributed by atoms with Crippen molar-refractivity contribution in [3.8, 4) is 0 Å². The van der Waals surface area contributed by atoms with Gasteiger partial charge in [0.1, 0.15) is 9.84 Å². The van der Waals surface area contributed by atoms with Crippen molar-refractivity contribution < 1.29 is 23.1 Å². The smallest absolute Gasteiger partial charge is 0.317 e. The van der Waals surface area contributed by atoms with E-state index in [1.165, 1.54) is 19.1 Å². The molecule has 0 radical (unpaired) electrons. The van der Waals surface area contributed by atoms with Crippen molar-refractivity contribution in [2.45, 2.75) is 50.6 Å². The fraction of sp³-hybridized carbons (Fsp3) is 0.867. The number of carboxylic acid groups (broad SMARTS) is 1. The van der Waals surface area contributed by atoms with Gasteiger partial charge in [-0.1, -0.05) is 0 Å². The predicted molar refractivity (Wildman–Crippen MR) is 85.8 cm³/mol. The topological polar surface area (TPSA) is 104 Å². The van der Waals surface area contributed by atoms with Crippen molar-refractivity contribution in [1.29, 1.82) is 0 Å². The van der Waals surface area contributed by atoms with Gasteiger partial charge in [0.2, 0.25) is 5.91 Å². The quantitative estimate of drug-likeness (QED) is 0.588. The molecule has 0 aromatic carbocycles. The number of sulfone groups is 1. The van der Waals surface area contributed by atoms with Crippen LogP contribution in [0.1, 0.15) is 38.5 Å². The van der Waals surface area contributed by atoms with Crippen molar-refractivity contribution in [2.75, 3.05) is 25.1 Å². The van der Waals surface area contributed by atoms with Crippen LogP contribution in [-0.2, 0) is 19.4 Å². The molecule has 2 rings (SSSR count). The summed E-state index contributed by atoms with van der Waals surface area (Å²) in [6.45, 7) is 0.905. The molecule has 1 amide bonds. The molecular weight excluding hydrogens is 320 g/mol. The molecular formula is C15H26N2O5S. The molecule has 0 saturated heterocycles. The Morgan fingerprint density at radius 3 is 2.43 bits per heavy atom. The minimum absolute atomic E-state index is 0.0293. The zero-order chi connectivity index (χ0) is 17.0. The van der Waals surface area contributed by atoms with Crippen LogP contribution in [0.3, 0.4) is 0 Å². The summed E-state index contributed by atoms with van der Waals surface area (Å²) < 4.78 is 22.0. The van der Waals surface area contributed by atoms with E-state index < -0.39 is 15.8 Å². The third kappa shape index (κ3) is 6.87. The van der Waals surface area contributed by atoms with Gasteiger partial charge in [-0.2, -0.15) is 0 Å². The summed E-state index contributed by atoms with van der Waals surface area (Å²) in [5.41, 5.74) is 0. The summed E-state index contributed by atoms with van der Waals surface area (Å²) in [4.78, 5) is 24.7.